The zero-order chi connectivity index (χ0) is 11.0. The smallest absolute Gasteiger partial charge is 0.133 e. The molecule has 0 unspecified atom stereocenters. The van der Waals surface area contributed by atoms with Crippen LogP contribution in [0.25, 0.3) is 0 Å². The summed E-state index contributed by atoms with van der Waals surface area (Å²) in [5.41, 5.74) is 2.44. The second-order valence-electron chi connectivity index (χ2n) is 3.76. The number of fused-ring (bicyclic) bond motifs is 2. The predicted octanol–water partition coefficient (Wildman–Crippen LogP) is 3.34. The van der Waals surface area contributed by atoms with E-state index in [1.807, 2.05) is 12.2 Å². The standard InChI is InChI=1S/C13H12N2S/c1-16-12-6-4-5-11-10(12)9-15-8-3-2-7-13(15)14-11/h2-8H,9H2,1H3. The Hall–Kier alpha value is -1.48. The second-order valence-corrected chi connectivity index (χ2v) is 4.60. The largest absolute Gasteiger partial charge is 0.328 e. The highest BCUT2D eigenvalue weighted by Crippen LogP contribution is 2.34. The molecule has 3 rings (SSSR count). The van der Waals surface area contributed by atoms with E-state index >= 15 is 0 Å². The maximum Gasteiger partial charge on any atom is 0.133 e. The molecule has 0 atom stereocenters. The first-order valence-corrected chi connectivity index (χ1v) is 6.47. The van der Waals surface area contributed by atoms with Gasteiger partial charge in [0.15, 0.2) is 0 Å². The Balaban J connectivity index is 2.13. The highest BCUT2D eigenvalue weighted by molar-refractivity contribution is 7.98. The van der Waals surface area contributed by atoms with E-state index in [1.54, 1.807) is 11.8 Å². The summed E-state index contributed by atoms with van der Waals surface area (Å²) in [7, 11) is 0. The van der Waals surface area contributed by atoms with Gasteiger partial charge in [-0.05, 0) is 30.5 Å². The van der Waals surface area contributed by atoms with E-state index in [9.17, 15) is 0 Å². The number of rotatable bonds is 1. The van der Waals surface area contributed by atoms with Crippen molar-refractivity contribution in [3.8, 4) is 0 Å². The van der Waals surface area contributed by atoms with Crippen molar-refractivity contribution in [2.24, 2.45) is 4.99 Å². The minimum atomic E-state index is 0.923. The van der Waals surface area contributed by atoms with Crippen LogP contribution in [0, 0.1) is 0 Å². The third-order valence-corrected chi connectivity index (χ3v) is 3.63. The number of thioether (sulfide) groups is 1. The van der Waals surface area contributed by atoms with E-state index in [2.05, 4.69) is 46.6 Å². The number of aliphatic imine (C=N–C) groups is 1. The fourth-order valence-electron chi connectivity index (χ4n) is 2.01. The molecule has 2 aliphatic heterocycles. The van der Waals surface area contributed by atoms with E-state index in [1.165, 1.54) is 10.5 Å². The summed E-state index contributed by atoms with van der Waals surface area (Å²) in [5.74, 6) is 1.04. The van der Waals surface area contributed by atoms with E-state index in [0.717, 1.165) is 18.1 Å². The van der Waals surface area contributed by atoms with Crippen LogP contribution in [0.2, 0.25) is 0 Å². The summed E-state index contributed by atoms with van der Waals surface area (Å²) in [6.45, 7) is 0.923. The fourth-order valence-corrected chi connectivity index (χ4v) is 2.64. The van der Waals surface area contributed by atoms with Gasteiger partial charge in [0.2, 0.25) is 0 Å². The molecule has 0 amide bonds. The summed E-state index contributed by atoms with van der Waals surface area (Å²) in [6.07, 6.45) is 10.3. The van der Waals surface area contributed by atoms with Crippen LogP contribution in [0.5, 0.6) is 0 Å². The van der Waals surface area contributed by atoms with Gasteiger partial charge in [0.05, 0.1) is 12.2 Å². The van der Waals surface area contributed by atoms with Crippen LogP contribution < -0.4 is 0 Å². The average molecular weight is 228 g/mol. The molecule has 1 aromatic rings. The average Bonchev–Trinajstić information content (AvgIpc) is 2.35. The number of hydrogen-bond acceptors (Lipinski definition) is 3. The van der Waals surface area contributed by atoms with Crippen molar-refractivity contribution in [1.82, 2.24) is 4.90 Å². The van der Waals surface area contributed by atoms with Gasteiger partial charge in [0, 0.05) is 16.7 Å². The third kappa shape index (κ3) is 1.48. The van der Waals surface area contributed by atoms with Gasteiger partial charge in [-0.15, -0.1) is 11.8 Å². The highest BCUT2D eigenvalue weighted by Gasteiger charge is 2.19. The molecule has 2 aliphatic rings. The lowest BCUT2D eigenvalue weighted by Gasteiger charge is -2.28. The van der Waals surface area contributed by atoms with Gasteiger partial charge in [0.1, 0.15) is 5.84 Å². The lowest BCUT2D eigenvalue weighted by molar-refractivity contribution is 0.538. The van der Waals surface area contributed by atoms with Gasteiger partial charge in [-0.3, -0.25) is 0 Å². The lowest BCUT2D eigenvalue weighted by atomic mass is 10.1. The molecule has 0 saturated carbocycles. The van der Waals surface area contributed by atoms with E-state index in [4.69, 9.17) is 0 Å². The summed E-state index contributed by atoms with van der Waals surface area (Å²) >= 11 is 1.78. The molecule has 0 aromatic heterocycles. The molecule has 0 saturated heterocycles. The van der Waals surface area contributed by atoms with Crippen LogP contribution in [0.4, 0.5) is 5.69 Å². The number of allylic oxidation sites excluding steroid dienone is 2. The molecule has 3 heteroatoms. The van der Waals surface area contributed by atoms with Crippen molar-refractivity contribution in [2.45, 2.75) is 11.4 Å². The Labute approximate surface area is 99.4 Å². The van der Waals surface area contributed by atoms with E-state index in [-0.39, 0.29) is 0 Å². The van der Waals surface area contributed by atoms with Crippen molar-refractivity contribution in [3.05, 3.63) is 48.2 Å². The van der Waals surface area contributed by atoms with Crippen molar-refractivity contribution in [3.63, 3.8) is 0 Å². The van der Waals surface area contributed by atoms with E-state index < -0.39 is 0 Å². The van der Waals surface area contributed by atoms with Crippen molar-refractivity contribution in [2.75, 3.05) is 6.26 Å². The molecular weight excluding hydrogens is 216 g/mol. The minimum absolute atomic E-state index is 0.923. The molecular formula is C13H12N2S. The maximum absolute atomic E-state index is 4.67. The van der Waals surface area contributed by atoms with Crippen LogP contribution >= 0.6 is 11.8 Å². The minimum Gasteiger partial charge on any atom is -0.328 e. The molecule has 1 aromatic carbocycles. The first kappa shape index (κ1) is 9.73. The number of benzene rings is 1. The van der Waals surface area contributed by atoms with Gasteiger partial charge >= 0.3 is 0 Å². The Morgan fingerprint density at radius 2 is 2.25 bits per heavy atom. The Morgan fingerprint density at radius 3 is 3.12 bits per heavy atom. The van der Waals surface area contributed by atoms with Crippen molar-refractivity contribution >= 4 is 23.3 Å². The Kier molecular flexibility index (Phi) is 2.33. The first-order chi connectivity index (χ1) is 7.88. The summed E-state index contributed by atoms with van der Waals surface area (Å²) in [4.78, 5) is 8.17. The monoisotopic (exact) mass is 228 g/mol. The van der Waals surface area contributed by atoms with Gasteiger partial charge in [0.25, 0.3) is 0 Å². The molecule has 0 aliphatic carbocycles. The van der Waals surface area contributed by atoms with Gasteiger partial charge < -0.3 is 4.90 Å². The van der Waals surface area contributed by atoms with Crippen LogP contribution in [-0.2, 0) is 6.54 Å². The molecule has 2 heterocycles. The predicted molar refractivity (Wildman–Crippen MR) is 69.1 cm³/mol. The molecule has 80 valence electrons. The van der Waals surface area contributed by atoms with Crippen molar-refractivity contribution in [1.29, 1.82) is 0 Å². The summed E-state index contributed by atoms with van der Waals surface area (Å²) < 4.78 is 0. The summed E-state index contributed by atoms with van der Waals surface area (Å²) in [5, 5.41) is 0. The lowest BCUT2D eigenvalue weighted by Crippen LogP contribution is -2.27. The van der Waals surface area contributed by atoms with Gasteiger partial charge in [-0.2, -0.15) is 0 Å². The molecule has 0 N–H and O–H groups in total. The van der Waals surface area contributed by atoms with Crippen LogP contribution in [0.15, 0.2) is 52.5 Å². The normalized spacial score (nSPS) is 16.8. The molecule has 0 spiro atoms. The molecule has 0 bridgehead atoms. The summed E-state index contributed by atoms with van der Waals surface area (Å²) in [6, 6.07) is 6.33. The number of hydrogen-bond donors (Lipinski definition) is 0. The SMILES string of the molecule is CSc1cccc2c1CN1C=CC=CC1=N2. The molecule has 0 fully saturated rings. The Bertz CT molecular complexity index is 515. The zero-order valence-corrected chi connectivity index (χ0v) is 9.87. The first-order valence-electron chi connectivity index (χ1n) is 5.24. The topological polar surface area (TPSA) is 15.6 Å². The number of amidine groups is 1. The van der Waals surface area contributed by atoms with Crippen LogP contribution in [0.1, 0.15) is 5.56 Å². The highest BCUT2D eigenvalue weighted by atomic mass is 32.2. The zero-order valence-electron chi connectivity index (χ0n) is 9.05. The maximum atomic E-state index is 4.67. The third-order valence-electron chi connectivity index (χ3n) is 2.81. The van der Waals surface area contributed by atoms with Crippen LogP contribution in [0.3, 0.4) is 0 Å². The Morgan fingerprint density at radius 1 is 1.31 bits per heavy atom. The fraction of sp³-hybridized carbons (Fsp3) is 0.154. The molecule has 0 radical (unpaired) electrons. The quantitative estimate of drug-likeness (QED) is 0.685. The van der Waals surface area contributed by atoms with Gasteiger partial charge in [-0.25, -0.2) is 4.99 Å². The molecule has 2 nitrogen and oxygen atoms in total. The van der Waals surface area contributed by atoms with Gasteiger partial charge in [-0.1, -0.05) is 12.1 Å². The second kappa shape index (κ2) is 3.83. The molecule has 16 heavy (non-hydrogen) atoms. The van der Waals surface area contributed by atoms with Crippen molar-refractivity contribution < 1.29 is 0 Å². The van der Waals surface area contributed by atoms with Crippen LogP contribution in [-0.4, -0.2) is 17.0 Å². The van der Waals surface area contributed by atoms with E-state index in [0.29, 0.717) is 0 Å². The number of nitrogens with zero attached hydrogens (tertiary/aromatic N) is 2.